The maximum absolute atomic E-state index is 12.2. The standard InChI is InChI=1S/C14H19ClN2O3/c1-4-14(16,5-2)13(19)17-11-8-9(15)6-7-10(11)12(18)20-3/h6-8H,4-5,16H2,1-3H3,(H,17,19). The molecule has 1 aromatic rings. The molecule has 0 saturated heterocycles. The van der Waals surface area contributed by atoms with E-state index in [2.05, 4.69) is 10.1 Å². The Balaban J connectivity index is 3.11. The van der Waals surface area contributed by atoms with Gasteiger partial charge in [0.1, 0.15) is 0 Å². The van der Waals surface area contributed by atoms with E-state index in [0.29, 0.717) is 23.6 Å². The smallest absolute Gasteiger partial charge is 0.339 e. The molecule has 0 heterocycles. The number of nitrogens with one attached hydrogen (secondary N) is 1. The Labute approximate surface area is 123 Å². The number of carbonyl (C=O) groups excluding carboxylic acids is 2. The second-order valence-electron chi connectivity index (χ2n) is 4.50. The van der Waals surface area contributed by atoms with Crippen molar-refractivity contribution in [2.75, 3.05) is 12.4 Å². The monoisotopic (exact) mass is 298 g/mol. The topological polar surface area (TPSA) is 81.4 Å². The average Bonchev–Trinajstić information content (AvgIpc) is 2.45. The van der Waals surface area contributed by atoms with E-state index in [0.717, 1.165) is 0 Å². The molecule has 0 spiro atoms. The van der Waals surface area contributed by atoms with Gasteiger partial charge in [-0.15, -0.1) is 0 Å². The van der Waals surface area contributed by atoms with Crippen LogP contribution in [0.4, 0.5) is 5.69 Å². The van der Waals surface area contributed by atoms with Gasteiger partial charge in [0.05, 0.1) is 23.9 Å². The number of esters is 1. The lowest BCUT2D eigenvalue weighted by atomic mass is 9.93. The van der Waals surface area contributed by atoms with E-state index < -0.39 is 11.5 Å². The number of benzene rings is 1. The van der Waals surface area contributed by atoms with Gasteiger partial charge in [0, 0.05) is 5.02 Å². The minimum atomic E-state index is -0.976. The molecule has 0 unspecified atom stereocenters. The molecule has 110 valence electrons. The van der Waals surface area contributed by atoms with E-state index in [-0.39, 0.29) is 11.5 Å². The molecule has 1 aromatic carbocycles. The number of ether oxygens (including phenoxy) is 1. The third-order valence-corrected chi connectivity index (χ3v) is 3.58. The van der Waals surface area contributed by atoms with Crippen molar-refractivity contribution in [1.29, 1.82) is 0 Å². The molecular formula is C14H19ClN2O3. The zero-order valence-electron chi connectivity index (χ0n) is 11.8. The Morgan fingerprint density at radius 3 is 2.45 bits per heavy atom. The fourth-order valence-corrected chi connectivity index (χ4v) is 1.90. The summed E-state index contributed by atoms with van der Waals surface area (Å²) in [5.41, 5.74) is 5.58. The summed E-state index contributed by atoms with van der Waals surface area (Å²) in [5, 5.41) is 3.07. The maximum Gasteiger partial charge on any atom is 0.339 e. The van der Waals surface area contributed by atoms with Crippen LogP contribution in [0.3, 0.4) is 0 Å². The Morgan fingerprint density at radius 1 is 1.35 bits per heavy atom. The second-order valence-corrected chi connectivity index (χ2v) is 4.94. The molecule has 0 bridgehead atoms. The van der Waals surface area contributed by atoms with Crippen molar-refractivity contribution in [3.63, 3.8) is 0 Å². The van der Waals surface area contributed by atoms with Crippen LogP contribution in [0, 0.1) is 0 Å². The zero-order chi connectivity index (χ0) is 15.3. The molecule has 0 aliphatic carbocycles. The fourth-order valence-electron chi connectivity index (χ4n) is 1.73. The van der Waals surface area contributed by atoms with Gasteiger partial charge in [0.25, 0.3) is 0 Å². The van der Waals surface area contributed by atoms with E-state index in [9.17, 15) is 9.59 Å². The number of carbonyl (C=O) groups is 2. The Bertz CT molecular complexity index is 513. The predicted octanol–water partition coefficient (Wildman–Crippen LogP) is 2.58. The highest BCUT2D eigenvalue weighted by Gasteiger charge is 2.30. The van der Waals surface area contributed by atoms with Crippen molar-refractivity contribution in [1.82, 2.24) is 0 Å². The van der Waals surface area contributed by atoms with Gasteiger partial charge in [-0.25, -0.2) is 4.79 Å². The largest absolute Gasteiger partial charge is 0.465 e. The van der Waals surface area contributed by atoms with Gasteiger partial charge in [-0.3, -0.25) is 4.79 Å². The lowest BCUT2D eigenvalue weighted by Crippen LogP contribution is -2.50. The molecule has 1 rings (SSSR count). The Kier molecular flexibility index (Phi) is 5.53. The van der Waals surface area contributed by atoms with Crippen molar-refractivity contribution in [3.8, 4) is 0 Å². The average molecular weight is 299 g/mol. The number of hydrogen-bond donors (Lipinski definition) is 2. The number of methoxy groups -OCH3 is 1. The van der Waals surface area contributed by atoms with Gasteiger partial charge in [-0.1, -0.05) is 25.4 Å². The molecule has 0 aliphatic rings. The van der Waals surface area contributed by atoms with E-state index in [1.165, 1.54) is 19.2 Å². The van der Waals surface area contributed by atoms with Crippen molar-refractivity contribution < 1.29 is 14.3 Å². The van der Waals surface area contributed by atoms with Gasteiger partial charge in [0.2, 0.25) is 5.91 Å². The first-order valence-electron chi connectivity index (χ1n) is 6.36. The molecule has 0 aliphatic heterocycles. The normalized spacial score (nSPS) is 11.1. The molecule has 20 heavy (non-hydrogen) atoms. The molecule has 3 N–H and O–H groups in total. The van der Waals surface area contributed by atoms with Crippen molar-refractivity contribution in [2.45, 2.75) is 32.2 Å². The quantitative estimate of drug-likeness (QED) is 0.819. The maximum atomic E-state index is 12.2. The van der Waals surface area contributed by atoms with Gasteiger partial charge in [-0.05, 0) is 31.0 Å². The molecule has 1 amide bonds. The molecule has 0 atom stereocenters. The van der Waals surface area contributed by atoms with Crippen LogP contribution >= 0.6 is 11.6 Å². The lowest BCUT2D eigenvalue weighted by Gasteiger charge is -2.25. The predicted molar refractivity (Wildman–Crippen MR) is 78.9 cm³/mol. The minimum absolute atomic E-state index is 0.236. The number of hydrogen-bond acceptors (Lipinski definition) is 4. The first-order chi connectivity index (χ1) is 9.37. The van der Waals surface area contributed by atoms with Crippen LogP contribution in [0.15, 0.2) is 18.2 Å². The van der Waals surface area contributed by atoms with E-state index in [1.54, 1.807) is 6.07 Å². The van der Waals surface area contributed by atoms with Crippen LogP contribution in [0.1, 0.15) is 37.0 Å². The van der Waals surface area contributed by atoms with Crippen LogP contribution in [0.25, 0.3) is 0 Å². The number of rotatable bonds is 5. The molecule has 0 aromatic heterocycles. The Hall–Kier alpha value is -1.59. The van der Waals surface area contributed by atoms with Crippen molar-refractivity contribution in [2.24, 2.45) is 5.73 Å². The van der Waals surface area contributed by atoms with Crippen LogP contribution in [0.5, 0.6) is 0 Å². The van der Waals surface area contributed by atoms with Crippen LogP contribution < -0.4 is 11.1 Å². The van der Waals surface area contributed by atoms with E-state index in [1.807, 2.05) is 13.8 Å². The third-order valence-electron chi connectivity index (χ3n) is 3.35. The zero-order valence-corrected chi connectivity index (χ0v) is 12.6. The van der Waals surface area contributed by atoms with Crippen LogP contribution in [0.2, 0.25) is 5.02 Å². The highest BCUT2D eigenvalue weighted by Crippen LogP contribution is 2.24. The Morgan fingerprint density at radius 2 is 1.95 bits per heavy atom. The number of halogens is 1. The van der Waals surface area contributed by atoms with Gasteiger partial charge in [0.15, 0.2) is 0 Å². The summed E-state index contributed by atoms with van der Waals surface area (Å²) in [6.45, 7) is 3.67. The lowest BCUT2D eigenvalue weighted by molar-refractivity contribution is -0.121. The summed E-state index contributed by atoms with van der Waals surface area (Å²) in [7, 11) is 1.27. The van der Waals surface area contributed by atoms with Gasteiger partial charge >= 0.3 is 5.97 Å². The summed E-state index contributed by atoms with van der Waals surface area (Å²) < 4.78 is 4.67. The van der Waals surface area contributed by atoms with Gasteiger partial charge < -0.3 is 15.8 Å². The molecule has 6 heteroatoms. The highest BCUT2D eigenvalue weighted by atomic mass is 35.5. The number of amides is 1. The van der Waals surface area contributed by atoms with E-state index in [4.69, 9.17) is 17.3 Å². The molecule has 0 fully saturated rings. The summed E-state index contributed by atoms with van der Waals surface area (Å²) in [4.78, 5) is 23.9. The summed E-state index contributed by atoms with van der Waals surface area (Å²) in [6, 6.07) is 4.55. The molecule has 0 saturated carbocycles. The van der Waals surface area contributed by atoms with E-state index >= 15 is 0 Å². The van der Waals surface area contributed by atoms with Crippen molar-refractivity contribution >= 4 is 29.2 Å². The SMILES string of the molecule is CCC(N)(CC)C(=O)Nc1cc(Cl)ccc1C(=O)OC. The molecule has 0 radical (unpaired) electrons. The van der Waals surface area contributed by atoms with Crippen LogP contribution in [-0.2, 0) is 9.53 Å². The summed E-state index contributed by atoms with van der Waals surface area (Å²) in [6.07, 6.45) is 0.979. The second kappa shape index (κ2) is 6.72. The summed E-state index contributed by atoms with van der Waals surface area (Å²) in [5.74, 6) is -0.900. The van der Waals surface area contributed by atoms with Crippen LogP contribution in [-0.4, -0.2) is 24.5 Å². The summed E-state index contributed by atoms with van der Waals surface area (Å²) >= 11 is 5.90. The van der Waals surface area contributed by atoms with Gasteiger partial charge in [-0.2, -0.15) is 0 Å². The molecular weight excluding hydrogens is 280 g/mol. The minimum Gasteiger partial charge on any atom is -0.465 e. The first-order valence-corrected chi connectivity index (χ1v) is 6.74. The fraction of sp³-hybridized carbons (Fsp3) is 0.429. The van der Waals surface area contributed by atoms with Crippen molar-refractivity contribution in [3.05, 3.63) is 28.8 Å². The first kappa shape index (κ1) is 16.5. The highest BCUT2D eigenvalue weighted by molar-refractivity contribution is 6.31. The molecule has 5 nitrogen and oxygen atoms in total. The number of nitrogens with two attached hydrogens (primary N) is 1. The number of anilines is 1. The third kappa shape index (κ3) is 3.49.